The predicted octanol–water partition coefficient (Wildman–Crippen LogP) is 1.67. The highest BCUT2D eigenvalue weighted by Gasteiger charge is 2.05. The Bertz CT molecular complexity index is 323. The lowest BCUT2D eigenvalue weighted by atomic mass is 10.0. The number of carbonyl (C=O) groups excluding carboxylic acids is 1. The average Bonchev–Trinajstić information content (AvgIpc) is 2.11. The summed E-state index contributed by atoms with van der Waals surface area (Å²) in [4.78, 5) is 10.6. The Labute approximate surface area is 76.8 Å². The molecule has 1 N–H and O–H groups in total. The van der Waals surface area contributed by atoms with E-state index in [2.05, 4.69) is 5.32 Å². The summed E-state index contributed by atoms with van der Waals surface area (Å²) < 4.78 is 13.0. The van der Waals surface area contributed by atoms with E-state index in [0.29, 0.717) is 24.0 Å². The molecular weight excluding hydrogens is 169 g/mol. The normalized spacial score (nSPS) is 10.1. The Hall–Kier alpha value is -1.22. The van der Waals surface area contributed by atoms with Crippen molar-refractivity contribution in [2.24, 2.45) is 0 Å². The highest BCUT2D eigenvalue weighted by Crippen LogP contribution is 2.13. The van der Waals surface area contributed by atoms with Gasteiger partial charge in [-0.15, -0.1) is 0 Å². The van der Waals surface area contributed by atoms with Gasteiger partial charge in [-0.2, -0.15) is 0 Å². The summed E-state index contributed by atoms with van der Waals surface area (Å²) in [6, 6.07) is 2.96. The van der Waals surface area contributed by atoms with Crippen molar-refractivity contribution in [2.75, 3.05) is 7.05 Å². The zero-order chi connectivity index (χ0) is 9.84. The molecule has 3 heteroatoms. The van der Waals surface area contributed by atoms with Gasteiger partial charge in [-0.3, -0.25) is 4.79 Å². The van der Waals surface area contributed by atoms with Gasteiger partial charge in [0.05, 0.1) is 0 Å². The van der Waals surface area contributed by atoms with Crippen LogP contribution < -0.4 is 5.32 Å². The summed E-state index contributed by atoms with van der Waals surface area (Å²) in [5.74, 6) is -0.332. The molecular formula is C10H12FNO. The first kappa shape index (κ1) is 9.86. The van der Waals surface area contributed by atoms with Gasteiger partial charge in [0.2, 0.25) is 0 Å². The molecule has 0 unspecified atom stereocenters. The van der Waals surface area contributed by atoms with E-state index in [4.69, 9.17) is 0 Å². The molecule has 0 saturated carbocycles. The first-order chi connectivity index (χ1) is 6.19. The molecule has 1 aromatic rings. The third-order valence-corrected chi connectivity index (χ3v) is 1.91. The largest absolute Gasteiger partial charge is 0.316 e. The maximum absolute atomic E-state index is 13.0. The molecule has 1 aromatic carbocycles. The Morgan fingerprint density at radius 2 is 2.23 bits per heavy atom. The molecule has 0 saturated heterocycles. The first-order valence-corrected chi connectivity index (χ1v) is 4.08. The van der Waals surface area contributed by atoms with Crippen molar-refractivity contribution in [1.82, 2.24) is 5.32 Å². The second-order valence-electron chi connectivity index (χ2n) is 2.95. The van der Waals surface area contributed by atoms with E-state index in [-0.39, 0.29) is 5.82 Å². The fraction of sp³-hybridized carbons (Fsp3) is 0.300. The summed E-state index contributed by atoms with van der Waals surface area (Å²) >= 11 is 0. The number of nitrogens with one attached hydrogen (secondary N) is 1. The minimum Gasteiger partial charge on any atom is -0.316 e. The quantitative estimate of drug-likeness (QED) is 0.718. The molecule has 0 aliphatic rings. The van der Waals surface area contributed by atoms with Gasteiger partial charge in [0.1, 0.15) is 12.1 Å². The SMILES string of the molecule is CNCc1cc(C)c(F)cc1C=O. The maximum Gasteiger partial charge on any atom is 0.150 e. The number of halogens is 1. The Morgan fingerprint density at radius 3 is 2.77 bits per heavy atom. The van der Waals surface area contributed by atoms with E-state index < -0.39 is 0 Å². The second kappa shape index (κ2) is 4.14. The summed E-state index contributed by atoms with van der Waals surface area (Å²) in [5.41, 5.74) is 1.81. The molecule has 0 heterocycles. The molecule has 0 atom stereocenters. The number of hydrogen-bond acceptors (Lipinski definition) is 2. The van der Waals surface area contributed by atoms with Crippen molar-refractivity contribution in [1.29, 1.82) is 0 Å². The molecule has 1 rings (SSSR count). The number of aryl methyl sites for hydroxylation is 1. The zero-order valence-corrected chi connectivity index (χ0v) is 7.73. The lowest BCUT2D eigenvalue weighted by molar-refractivity contribution is 0.112. The number of carbonyl (C=O) groups is 1. The molecule has 0 spiro atoms. The molecule has 13 heavy (non-hydrogen) atoms. The molecule has 0 aromatic heterocycles. The third-order valence-electron chi connectivity index (χ3n) is 1.91. The van der Waals surface area contributed by atoms with E-state index in [9.17, 15) is 9.18 Å². The first-order valence-electron chi connectivity index (χ1n) is 4.08. The molecule has 2 nitrogen and oxygen atoms in total. The van der Waals surface area contributed by atoms with Gasteiger partial charge in [0, 0.05) is 12.1 Å². The van der Waals surface area contributed by atoms with E-state index in [1.165, 1.54) is 6.07 Å². The van der Waals surface area contributed by atoms with E-state index in [1.807, 2.05) is 0 Å². The molecule has 0 radical (unpaired) electrons. The minimum absolute atomic E-state index is 0.332. The molecule has 0 fully saturated rings. The van der Waals surface area contributed by atoms with Gasteiger partial charge in [-0.1, -0.05) is 6.07 Å². The van der Waals surface area contributed by atoms with Crippen molar-refractivity contribution in [2.45, 2.75) is 13.5 Å². The fourth-order valence-corrected chi connectivity index (χ4v) is 1.21. The topological polar surface area (TPSA) is 29.1 Å². The Kier molecular flexibility index (Phi) is 3.14. The van der Waals surface area contributed by atoms with Gasteiger partial charge in [0.25, 0.3) is 0 Å². The predicted molar refractivity (Wildman–Crippen MR) is 49.3 cm³/mol. The van der Waals surface area contributed by atoms with E-state index in [1.54, 1.807) is 20.0 Å². The molecule has 70 valence electrons. The second-order valence-corrected chi connectivity index (χ2v) is 2.95. The smallest absolute Gasteiger partial charge is 0.150 e. The molecule has 0 amide bonds. The van der Waals surface area contributed by atoms with Gasteiger partial charge in [0.15, 0.2) is 0 Å². The van der Waals surface area contributed by atoms with Gasteiger partial charge in [-0.25, -0.2) is 4.39 Å². The molecule has 0 aliphatic heterocycles. The van der Waals surface area contributed by atoms with Crippen LogP contribution in [0.1, 0.15) is 21.5 Å². The van der Waals surface area contributed by atoms with E-state index in [0.717, 1.165) is 5.56 Å². The van der Waals surface area contributed by atoms with Crippen molar-refractivity contribution in [3.8, 4) is 0 Å². The summed E-state index contributed by atoms with van der Waals surface area (Å²) in [6.45, 7) is 2.26. The zero-order valence-electron chi connectivity index (χ0n) is 7.73. The minimum atomic E-state index is -0.332. The Morgan fingerprint density at radius 1 is 1.54 bits per heavy atom. The number of aldehydes is 1. The summed E-state index contributed by atoms with van der Waals surface area (Å²) in [5, 5.41) is 2.92. The lowest BCUT2D eigenvalue weighted by Crippen LogP contribution is -2.08. The third kappa shape index (κ3) is 2.12. The standard InChI is InChI=1S/C10H12FNO/c1-7-3-8(5-12-2)9(6-13)4-10(7)11/h3-4,6,12H,5H2,1-2H3. The average molecular weight is 181 g/mol. The van der Waals surface area contributed by atoms with Crippen LogP contribution in [0.25, 0.3) is 0 Å². The van der Waals surface area contributed by atoms with Crippen LogP contribution in [-0.4, -0.2) is 13.3 Å². The fourth-order valence-electron chi connectivity index (χ4n) is 1.21. The van der Waals surface area contributed by atoms with Crippen LogP contribution in [0, 0.1) is 12.7 Å². The summed E-state index contributed by atoms with van der Waals surface area (Å²) in [7, 11) is 1.78. The van der Waals surface area contributed by atoms with Crippen LogP contribution in [-0.2, 0) is 6.54 Å². The number of benzene rings is 1. The van der Waals surface area contributed by atoms with Crippen molar-refractivity contribution >= 4 is 6.29 Å². The van der Waals surface area contributed by atoms with Crippen LogP contribution in [0.3, 0.4) is 0 Å². The van der Waals surface area contributed by atoms with Crippen LogP contribution in [0.4, 0.5) is 4.39 Å². The maximum atomic E-state index is 13.0. The van der Waals surface area contributed by atoms with Crippen LogP contribution in [0.15, 0.2) is 12.1 Å². The van der Waals surface area contributed by atoms with Crippen LogP contribution >= 0.6 is 0 Å². The van der Waals surface area contributed by atoms with E-state index >= 15 is 0 Å². The van der Waals surface area contributed by atoms with Crippen molar-refractivity contribution in [3.63, 3.8) is 0 Å². The number of rotatable bonds is 3. The highest BCUT2D eigenvalue weighted by atomic mass is 19.1. The lowest BCUT2D eigenvalue weighted by Gasteiger charge is -2.06. The van der Waals surface area contributed by atoms with Gasteiger partial charge in [-0.05, 0) is 31.2 Å². The van der Waals surface area contributed by atoms with Gasteiger partial charge >= 0.3 is 0 Å². The van der Waals surface area contributed by atoms with Crippen LogP contribution in [0.2, 0.25) is 0 Å². The Balaban J connectivity index is 3.16. The summed E-state index contributed by atoms with van der Waals surface area (Å²) in [6.07, 6.45) is 0.676. The highest BCUT2D eigenvalue weighted by molar-refractivity contribution is 5.77. The molecule has 0 bridgehead atoms. The van der Waals surface area contributed by atoms with Gasteiger partial charge < -0.3 is 5.32 Å². The van der Waals surface area contributed by atoms with Crippen molar-refractivity contribution < 1.29 is 9.18 Å². The number of hydrogen-bond donors (Lipinski definition) is 1. The van der Waals surface area contributed by atoms with Crippen LogP contribution in [0.5, 0.6) is 0 Å². The van der Waals surface area contributed by atoms with Crippen molar-refractivity contribution in [3.05, 3.63) is 34.6 Å². The molecule has 0 aliphatic carbocycles. The monoisotopic (exact) mass is 181 g/mol.